The molecule has 1 aromatic carbocycles. The Morgan fingerprint density at radius 2 is 2.09 bits per heavy atom. The number of hydrogen-bond acceptors (Lipinski definition) is 2. The fraction of sp³-hybridized carbons (Fsp3) is 0.500. The van der Waals surface area contributed by atoms with Crippen LogP contribution in [0.25, 0.3) is 0 Å². The van der Waals surface area contributed by atoms with Crippen LogP contribution in [-0.4, -0.2) is 28.3 Å². The van der Waals surface area contributed by atoms with Crippen molar-refractivity contribution in [1.82, 2.24) is 14.7 Å². The molecular weight excluding hydrogens is 277 g/mol. The van der Waals surface area contributed by atoms with E-state index in [1.165, 1.54) is 36.2 Å². The molecule has 22 heavy (non-hydrogen) atoms. The summed E-state index contributed by atoms with van der Waals surface area (Å²) in [6.45, 7) is 1.92. The minimum atomic E-state index is -0.169. The third kappa shape index (κ3) is 3.38. The Balaban J connectivity index is 1.55. The number of rotatable bonds is 5. The lowest BCUT2D eigenvalue weighted by Crippen LogP contribution is -2.22. The van der Waals surface area contributed by atoms with E-state index in [4.69, 9.17) is 0 Å². The number of benzene rings is 1. The van der Waals surface area contributed by atoms with Gasteiger partial charge in [-0.3, -0.25) is 4.68 Å². The molecule has 0 amide bonds. The normalized spacial score (nSPS) is 17.7. The Bertz CT molecular complexity index is 618. The molecule has 1 aliphatic carbocycles. The van der Waals surface area contributed by atoms with Crippen LogP contribution >= 0.6 is 0 Å². The maximum Gasteiger partial charge on any atom is 0.123 e. The van der Waals surface area contributed by atoms with Crippen LogP contribution in [-0.2, 0) is 20.0 Å². The van der Waals surface area contributed by atoms with Crippen LogP contribution in [0.3, 0.4) is 0 Å². The van der Waals surface area contributed by atoms with Crippen LogP contribution < -0.4 is 0 Å². The molecule has 0 N–H and O–H groups in total. The number of nitrogens with zero attached hydrogens (tertiary/aromatic N) is 3. The van der Waals surface area contributed by atoms with Crippen molar-refractivity contribution < 1.29 is 4.39 Å². The summed E-state index contributed by atoms with van der Waals surface area (Å²) in [5, 5.41) is 4.42. The summed E-state index contributed by atoms with van der Waals surface area (Å²) in [4.78, 5) is 2.32. The summed E-state index contributed by atoms with van der Waals surface area (Å²) in [5.41, 5.74) is 4.02. The highest BCUT2D eigenvalue weighted by atomic mass is 19.1. The van der Waals surface area contributed by atoms with Gasteiger partial charge in [0, 0.05) is 19.3 Å². The van der Waals surface area contributed by atoms with Crippen LogP contribution in [0.15, 0.2) is 30.5 Å². The molecule has 1 atom stereocenters. The van der Waals surface area contributed by atoms with Gasteiger partial charge in [0.05, 0.1) is 6.20 Å². The first kappa shape index (κ1) is 15.2. The van der Waals surface area contributed by atoms with Gasteiger partial charge in [0.1, 0.15) is 5.82 Å². The number of hydrogen-bond donors (Lipinski definition) is 0. The highest BCUT2D eigenvalue weighted by molar-refractivity contribution is 5.25. The van der Waals surface area contributed by atoms with E-state index >= 15 is 0 Å². The average molecular weight is 301 g/mol. The zero-order valence-electron chi connectivity index (χ0n) is 13.4. The van der Waals surface area contributed by atoms with E-state index in [-0.39, 0.29) is 5.82 Å². The Labute approximate surface area is 131 Å². The van der Waals surface area contributed by atoms with E-state index in [0.717, 1.165) is 31.5 Å². The summed E-state index contributed by atoms with van der Waals surface area (Å²) in [5.74, 6) is 0.464. The van der Waals surface area contributed by atoms with Gasteiger partial charge in [-0.2, -0.15) is 5.10 Å². The number of aryl methyl sites for hydroxylation is 1. The minimum absolute atomic E-state index is 0.169. The third-order valence-corrected chi connectivity index (χ3v) is 4.72. The van der Waals surface area contributed by atoms with Crippen molar-refractivity contribution in [2.45, 2.75) is 38.1 Å². The predicted molar refractivity (Wildman–Crippen MR) is 86.2 cm³/mol. The first-order chi connectivity index (χ1) is 10.6. The minimum Gasteiger partial charge on any atom is -0.302 e. The van der Waals surface area contributed by atoms with Crippen molar-refractivity contribution in [3.8, 4) is 0 Å². The molecule has 1 unspecified atom stereocenters. The number of aromatic nitrogens is 2. The number of fused-ring (bicyclic) bond motifs is 1. The molecule has 1 aromatic heterocycles. The smallest absolute Gasteiger partial charge is 0.123 e. The van der Waals surface area contributed by atoms with Gasteiger partial charge < -0.3 is 4.90 Å². The van der Waals surface area contributed by atoms with Gasteiger partial charge in [-0.1, -0.05) is 12.1 Å². The fourth-order valence-corrected chi connectivity index (χ4v) is 3.46. The molecule has 0 bridgehead atoms. The molecule has 1 aliphatic rings. The van der Waals surface area contributed by atoms with Gasteiger partial charge in [0.15, 0.2) is 0 Å². The van der Waals surface area contributed by atoms with Crippen LogP contribution in [0.2, 0.25) is 0 Å². The lowest BCUT2D eigenvalue weighted by atomic mass is 9.85. The van der Waals surface area contributed by atoms with Gasteiger partial charge in [-0.25, -0.2) is 4.39 Å². The highest BCUT2D eigenvalue weighted by Gasteiger charge is 2.23. The van der Waals surface area contributed by atoms with Gasteiger partial charge in [-0.05, 0) is 68.5 Å². The van der Waals surface area contributed by atoms with Crippen molar-refractivity contribution in [3.63, 3.8) is 0 Å². The van der Waals surface area contributed by atoms with Crippen LogP contribution in [0.4, 0.5) is 4.39 Å². The topological polar surface area (TPSA) is 21.1 Å². The van der Waals surface area contributed by atoms with Crippen molar-refractivity contribution in [1.29, 1.82) is 0 Å². The molecule has 0 fully saturated rings. The van der Waals surface area contributed by atoms with E-state index in [1.807, 2.05) is 23.9 Å². The van der Waals surface area contributed by atoms with E-state index in [1.54, 1.807) is 0 Å². The largest absolute Gasteiger partial charge is 0.302 e. The molecule has 118 valence electrons. The molecule has 3 rings (SSSR count). The predicted octanol–water partition coefficient (Wildman–Crippen LogP) is 3.50. The van der Waals surface area contributed by atoms with E-state index in [0.29, 0.717) is 5.92 Å². The molecule has 0 spiro atoms. The van der Waals surface area contributed by atoms with Gasteiger partial charge in [-0.15, -0.1) is 0 Å². The summed E-state index contributed by atoms with van der Waals surface area (Å²) in [6, 6.07) is 6.80. The van der Waals surface area contributed by atoms with Gasteiger partial charge in [0.2, 0.25) is 0 Å². The van der Waals surface area contributed by atoms with Gasteiger partial charge >= 0.3 is 0 Å². The van der Waals surface area contributed by atoms with Crippen molar-refractivity contribution in [2.75, 3.05) is 13.6 Å². The van der Waals surface area contributed by atoms with Gasteiger partial charge in [0.25, 0.3) is 0 Å². The Kier molecular flexibility index (Phi) is 4.57. The standard InChI is InChI=1S/C18H24FN3/c1-21(13-14-6-8-16(19)9-7-14)11-10-15-4-3-5-18-17(15)12-20-22(18)2/h6-9,12,15H,3-5,10-11,13H2,1-2H3. The lowest BCUT2D eigenvalue weighted by Gasteiger charge is -2.25. The van der Waals surface area contributed by atoms with Crippen LogP contribution in [0, 0.1) is 5.82 Å². The highest BCUT2D eigenvalue weighted by Crippen LogP contribution is 2.33. The molecule has 4 heteroatoms. The zero-order chi connectivity index (χ0) is 15.5. The first-order valence-electron chi connectivity index (χ1n) is 8.07. The fourth-order valence-electron chi connectivity index (χ4n) is 3.46. The lowest BCUT2D eigenvalue weighted by molar-refractivity contribution is 0.304. The first-order valence-corrected chi connectivity index (χ1v) is 8.07. The molecule has 3 nitrogen and oxygen atoms in total. The average Bonchev–Trinajstić information content (AvgIpc) is 2.90. The Morgan fingerprint density at radius 3 is 2.86 bits per heavy atom. The maximum absolute atomic E-state index is 12.9. The second kappa shape index (κ2) is 6.61. The monoisotopic (exact) mass is 301 g/mol. The third-order valence-electron chi connectivity index (χ3n) is 4.72. The SMILES string of the molecule is CN(CCC1CCCc2c1cnn2C)Cc1ccc(F)cc1. The second-order valence-corrected chi connectivity index (χ2v) is 6.41. The van der Waals surface area contributed by atoms with E-state index in [9.17, 15) is 4.39 Å². The maximum atomic E-state index is 12.9. The van der Waals surface area contributed by atoms with Crippen LogP contribution in [0.1, 0.15) is 42.0 Å². The summed E-state index contributed by atoms with van der Waals surface area (Å²) >= 11 is 0. The summed E-state index contributed by atoms with van der Waals surface area (Å²) < 4.78 is 15.0. The quantitative estimate of drug-likeness (QED) is 0.843. The molecule has 1 heterocycles. The molecule has 2 aromatic rings. The van der Waals surface area contributed by atoms with E-state index in [2.05, 4.69) is 23.2 Å². The van der Waals surface area contributed by atoms with Crippen molar-refractivity contribution >= 4 is 0 Å². The molecule has 0 saturated heterocycles. The van der Waals surface area contributed by atoms with Crippen molar-refractivity contribution in [2.24, 2.45) is 7.05 Å². The molecule has 0 radical (unpaired) electrons. The van der Waals surface area contributed by atoms with E-state index < -0.39 is 0 Å². The molecular formula is C18H24FN3. The molecule has 0 saturated carbocycles. The Morgan fingerprint density at radius 1 is 1.32 bits per heavy atom. The summed E-state index contributed by atoms with van der Waals surface area (Å²) in [7, 11) is 4.18. The van der Waals surface area contributed by atoms with Crippen LogP contribution in [0.5, 0.6) is 0 Å². The molecule has 0 aliphatic heterocycles. The Hall–Kier alpha value is -1.68. The second-order valence-electron chi connectivity index (χ2n) is 6.41. The van der Waals surface area contributed by atoms with Crippen molar-refractivity contribution in [3.05, 3.63) is 53.1 Å². The summed E-state index contributed by atoms with van der Waals surface area (Å²) in [6.07, 6.45) is 6.91. The number of halogens is 1. The zero-order valence-corrected chi connectivity index (χ0v) is 13.4.